The maximum Gasteiger partial charge on any atom is 0.263 e. The van der Waals surface area contributed by atoms with Gasteiger partial charge in [-0.25, -0.2) is 18.2 Å². The van der Waals surface area contributed by atoms with Gasteiger partial charge in [0.05, 0.1) is 11.9 Å². The van der Waals surface area contributed by atoms with Gasteiger partial charge in [0.25, 0.3) is 6.43 Å². The minimum absolute atomic E-state index is 0.163. The van der Waals surface area contributed by atoms with Gasteiger partial charge >= 0.3 is 0 Å². The Kier molecular flexibility index (Phi) is 7.34. The lowest BCUT2D eigenvalue weighted by Crippen LogP contribution is -2.08. The molecule has 12 heteroatoms. The Morgan fingerprint density at radius 3 is 2.56 bits per heavy atom. The first kappa shape index (κ1) is 24.9. The predicted molar refractivity (Wildman–Crippen MR) is 135 cm³/mol. The monoisotopic (exact) mass is 557 g/mol. The van der Waals surface area contributed by atoms with E-state index < -0.39 is 23.7 Å². The zero-order valence-electron chi connectivity index (χ0n) is 18.8. The molecule has 0 radical (unpaired) electrons. The minimum Gasteiger partial charge on any atom is -0.339 e. The molecule has 0 fully saturated rings. The number of rotatable bonds is 8. The largest absolute Gasteiger partial charge is 0.339 e. The van der Waals surface area contributed by atoms with Crippen molar-refractivity contribution in [3.63, 3.8) is 0 Å². The second-order valence-electron chi connectivity index (χ2n) is 7.60. The van der Waals surface area contributed by atoms with E-state index in [2.05, 4.69) is 53.5 Å². The third kappa shape index (κ3) is 6.08. The van der Waals surface area contributed by atoms with Gasteiger partial charge < -0.3 is 16.0 Å². The highest BCUT2D eigenvalue weighted by Gasteiger charge is 2.16. The molecule has 36 heavy (non-hydrogen) atoms. The van der Waals surface area contributed by atoms with Gasteiger partial charge in [0, 0.05) is 46.4 Å². The number of nitrogens with one attached hydrogen (secondary N) is 3. The Balaban J connectivity index is 1.78. The molecule has 2 heterocycles. The SMILES string of the molecule is C=CC(=O)Nc1cc(Br)cc(Nc2nc(Nc3cnn(C)c3)ncc2-c2cc(F)cc(C(F)F)c2)c1. The van der Waals surface area contributed by atoms with Crippen LogP contribution in [-0.4, -0.2) is 25.7 Å². The summed E-state index contributed by atoms with van der Waals surface area (Å²) in [4.78, 5) is 20.5. The fourth-order valence-electron chi connectivity index (χ4n) is 3.32. The summed E-state index contributed by atoms with van der Waals surface area (Å²) in [5.74, 6) is -0.816. The number of carbonyl (C=O) groups excluding carboxylic acids is 1. The average Bonchev–Trinajstić information content (AvgIpc) is 3.22. The van der Waals surface area contributed by atoms with Crippen LogP contribution in [0.2, 0.25) is 0 Å². The summed E-state index contributed by atoms with van der Waals surface area (Å²) in [5, 5.41) is 12.9. The van der Waals surface area contributed by atoms with Gasteiger partial charge in [-0.1, -0.05) is 22.5 Å². The molecule has 0 aliphatic rings. The Morgan fingerprint density at radius 1 is 1.08 bits per heavy atom. The molecule has 8 nitrogen and oxygen atoms in total. The molecule has 0 aliphatic carbocycles. The molecule has 184 valence electrons. The summed E-state index contributed by atoms with van der Waals surface area (Å²) in [5.41, 5.74) is 1.57. The molecule has 2 aromatic carbocycles. The fourth-order valence-corrected chi connectivity index (χ4v) is 3.81. The van der Waals surface area contributed by atoms with Crippen LogP contribution < -0.4 is 16.0 Å². The molecule has 0 unspecified atom stereocenters. The third-order valence-corrected chi connectivity index (χ3v) is 5.30. The van der Waals surface area contributed by atoms with E-state index in [0.29, 0.717) is 21.5 Å². The number of amides is 1. The molecule has 2 aromatic heterocycles. The first-order valence-corrected chi connectivity index (χ1v) is 11.2. The summed E-state index contributed by atoms with van der Waals surface area (Å²) in [6, 6.07) is 8.14. The molecular formula is C24H19BrF3N7O. The summed E-state index contributed by atoms with van der Waals surface area (Å²) in [6.45, 7) is 3.43. The number of nitrogens with zero attached hydrogens (tertiary/aromatic N) is 4. The van der Waals surface area contributed by atoms with E-state index in [0.717, 1.165) is 18.2 Å². The minimum atomic E-state index is -2.86. The van der Waals surface area contributed by atoms with Gasteiger partial charge in [0.1, 0.15) is 11.6 Å². The summed E-state index contributed by atoms with van der Waals surface area (Å²) in [7, 11) is 1.75. The molecule has 1 amide bonds. The van der Waals surface area contributed by atoms with Crippen molar-refractivity contribution in [3.8, 4) is 11.1 Å². The van der Waals surface area contributed by atoms with Crippen LogP contribution in [-0.2, 0) is 11.8 Å². The summed E-state index contributed by atoms with van der Waals surface area (Å²) in [6.07, 6.45) is 2.97. The normalized spacial score (nSPS) is 10.8. The zero-order chi connectivity index (χ0) is 25.8. The number of hydrogen-bond donors (Lipinski definition) is 3. The second kappa shape index (κ2) is 10.6. The van der Waals surface area contributed by atoms with Crippen molar-refractivity contribution in [1.82, 2.24) is 19.7 Å². The highest BCUT2D eigenvalue weighted by molar-refractivity contribution is 9.10. The van der Waals surface area contributed by atoms with Gasteiger partial charge in [0.15, 0.2) is 0 Å². The van der Waals surface area contributed by atoms with E-state index in [9.17, 15) is 18.0 Å². The third-order valence-electron chi connectivity index (χ3n) is 4.85. The maximum atomic E-state index is 14.2. The van der Waals surface area contributed by atoms with Gasteiger partial charge in [-0.2, -0.15) is 10.1 Å². The lowest BCUT2D eigenvalue weighted by atomic mass is 10.0. The lowest BCUT2D eigenvalue weighted by Gasteiger charge is -2.15. The molecular weight excluding hydrogens is 539 g/mol. The zero-order valence-corrected chi connectivity index (χ0v) is 20.4. The topological polar surface area (TPSA) is 96.8 Å². The van der Waals surface area contributed by atoms with Gasteiger partial charge in [0.2, 0.25) is 11.9 Å². The van der Waals surface area contributed by atoms with Gasteiger partial charge in [-0.3, -0.25) is 9.48 Å². The first-order chi connectivity index (χ1) is 17.2. The Labute approximate surface area is 212 Å². The highest BCUT2D eigenvalue weighted by atomic mass is 79.9. The van der Waals surface area contributed by atoms with Crippen LogP contribution in [0.1, 0.15) is 12.0 Å². The number of alkyl halides is 2. The molecule has 0 spiro atoms. The quantitative estimate of drug-likeness (QED) is 0.219. The van der Waals surface area contributed by atoms with Crippen LogP contribution in [0, 0.1) is 5.82 Å². The Hall–Kier alpha value is -4.19. The molecule has 0 atom stereocenters. The number of aryl methyl sites for hydroxylation is 1. The molecule has 4 aromatic rings. The lowest BCUT2D eigenvalue weighted by molar-refractivity contribution is -0.111. The van der Waals surface area contributed by atoms with E-state index in [1.807, 2.05) is 0 Å². The number of carbonyl (C=O) groups is 1. The van der Waals surface area contributed by atoms with Crippen LogP contribution in [0.4, 0.5) is 42.0 Å². The van der Waals surface area contributed by atoms with Crippen LogP contribution >= 0.6 is 15.9 Å². The molecule has 0 bridgehead atoms. The molecule has 0 saturated heterocycles. The van der Waals surface area contributed by atoms with E-state index in [4.69, 9.17) is 0 Å². The predicted octanol–water partition coefficient (Wildman–Crippen LogP) is 6.33. The van der Waals surface area contributed by atoms with Crippen LogP contribution in [0.3, 0.4) is 0 Å². The highest BCUT2D eigenvalue weighted by Crippen LogP contribution is 2.34. The summed E-state index contributed by atoms with van der Waals surface area (Å²) < 4.78 is 43.1. The van der Waals surface area contributed by atoms with E-state index in [1.54, 1.807) is 42.3 Å². The number of hydrogen-bond acceptors (Lipinski definition) is 6. The van der Waals surface area contributed by atoms with E-state index >= 15 is 0 Å². The molecule has 0 saturated carbocycles. The van der Waals surface area contributed by atoms with Crippen molar-refractivity contribution in [2.45, 2.75) is 6.43 Å². The molecule has 4 rings (SSSR count). The number of benzene rings is 2. The van der Waals surface area contributed by atoms with E-state index in [1.165, 1.54) is 12.3 Å². The second-order valence-corrected chi connectivity index (χ2v) is 8.52. The van der Waals surface area contributed by atoms with Gasteiger partial charge in [-0.15, -0.1) is 0 Å². The standard InChI is InChI=1S/C24H19BrF3N7O/c1-3-21(36)31-17-7-15(25)8-18(9-17)32-23-20(13-4-14(22(27)28)6-16(26)5-13)11-29-24(34-23)33-19-10-30-35(2)12-19/h3-12,22H,1H2,2H3,(H,31,36)(H2,29,32,33,34). The van der Waals surface area contributed by atoms with Crippen molar-refractivity contribution in [2.24, 2.45) is 7.05 Å². The van der Waals surface area contributed by atoms with Crippen LogP contribution in [0.15, 0.2) is 72.1 Å². The smallest absolute Gasteiger partial charge is 0.263 e. The van der Waals surface area contributed by atoms with Crippen LogP contribution in [0.5, 0.6) is 0 Å². The fraction of sp³-hybridized carbons (Fsp3) is 0.0833. The molecule has 0 aliphatic heterocycles. The van der Waals surface area contributed by atoms with Crippen molar-refractivity contribution < 1.29 is 18.0 Å². The number of halogens is 4. The van der Waals surface area contributed by atoms with E-state index in [-0.39, 0.29) is 22.9 Å². The Morgan fingerprint density at radius 2 is 1.86 bits per heavy atom. The Bertz CT molecular complexity index is 1440. The van der Waals surface area contributed by atoms with Crippen LogP contribution in [0.25, 0.3) is 11.1 Å². The van der Waals surface area contributed by atoms with Crippen molar-refractivity contribution in [1.29, 1.82) is 0 Å². The van der Waals surface area contributed by atoms with Crippen molar-refractivity contribution in [3.05, 3.63) is 83.5 Å². The van der Waals surface area contributed by atoms with Crippen molar-refractivity contribution in [2.75, 3.05) is 16.0 Å². The number of aromatic nitrogens is 4. The molecule has 3 N–H and O–H groups in total. The summed E-state index contributed by atoms with van der Waals surface area (Å²) >= 11 is 3.39. The number of anilines is 5. The maximum absolute atomic E-state index is 14.2. The van der Waals surface area contributed by atoms with Gasteiger partial charge in [-0.05, 0) is 48.0 Å². The first-order valence-electron chi connectivity index (χ1n) is 10.4. The average molecular weight is 558 g/mol. The van der Waals surface area contributed by atoms with Crippen molar-refractivity contribution >= 4 is 50.7 Å².